The van der Waals surface area contributed by atoms with Crippen molar-refractivity contribution in [1.29, 1.82) is 0 Å². The van der Waals surface area contributed by atoms with Crippen LogP contribution in [0.1, 0.15) is 38.2 Å². The van der Waals surface area contributed by atoms with Gasteiger partial charge in [-0.1, -0.05) is 31.9 Å². The quantitative estimate of drug-likeness (QED) is 0.775. The number of rotatable bonds is 8. The van der Waals surface area contributed by atoms with Crippen molar-refractivity contribution in [3.05, 3.63) is 35.4 Å². The van der Waals surface area contributed by atoms with Gasteiger partial charge >= 0.3 is 5.97 Å². The Kier molecular flexibility index (Phi) is 6.78. The second kappa shape index (κ2) is 8.34. The highest BCUT2D eigenvalue weighted by molar-refractivity contribution is 5.83. The topological polar surface area (TPSA) is 66.4 Å². The third kappa shape index (κ3) is 5.49. The fourth-order valence-corrected chi connectivity index (χ4v) is 1.92. The molecule has 0 aliphatic carbocycles. The summed E-state index contributed by atoms with van der Waals surface area (Å²) in [6, 6.07) is 2.84. The molecule has 0 aromatic heterocycles. The van der Waals surface area contributed by atoms with Crippen LogP contribution in [0.5, 0.6) is 0 Å². The lowest BCUT2D eigenvalue weighted by Crippen LogP contribution is -2.40. The lowest BCUT2D eigenvalue weighted by molar-refractivity contribution is -0.142. The molecule has 2 N–H and O–H groups in total. The second-order valence-electron chi connectivity index (χ2n) is 4.81. The molecule has 1 aromatic rings. The van der Waals surface area contributed by atoms with Crippen molar-refractivity contribution in [2.45, 2.75) is 45.1 Å². The molecule has 21 heavy (non-hydrogen) atoms. The fraction of sp³-hybridized carbons (Fsp3) is 0.467. The van der Waals surface area contributed by atoms with E-state index in [1.54, 1.807) is 0 Å². The summed E-state index contributed by atoms with van der Waals surface area (Å²) < 4.78 is 26.4. The number of nitrogens with one attached hydrogen (secondary N) is 1. The molecule has 0 heterocycles. The Balaban J connectivity index is 2.52. The highest BCUT2D eigenvalue weighted by Crippen LogP contribution is 2.13. The van der Waals surface area contributed by atoms with Gasteiger partial charge in [0.2, 0.25) is 5.91 Å². The average molecular weight is 299 g/mol. The van der Waals surface area contributed by atoms with E-state index < -0.39 is 29.6 Å². The molecule has 0 fully saturated rings. The van der Waals surface area contributed by atoms with E-state index in [4.69, 9.17) is 5.11 Å². The van der Waals surface area contributed by atoms with E-state index in [1.807, 2.05) is 6.92 Å². The van der Waals surface area contributed by atoms with Gasteiger partial charge in [0, 0.05) is 6.42 Å². The van der Waals surface area contributed by atoms with Crippen LogP contribution in [0.2, 0.25) is 0 Å². The Labute approximate surface area is 122 Å². The molecule has 1 amide bonds. The van der Waals surface area contributed by atoms with Gasteiger partial charge < -0.3 is 10.4 Å². The van der Waals surface area contributed by atoms with Crippen LogP contribution in [0.15, 0.2) is 18.2 Å². The minimum absolute atomic E-state index is 0.0234. The number of halogens is 2. The number of hydrogen-bond acceptors (Lipinski definition) is 2. The van der Waals surface area contributed by atoms with Gasteiger partial charge in [-0.3, -0.25) is 4.79 Å². The second-order valence-corrected chi connectivity index (χ2v) is 4.81. The van der Waals surface area contributed by atoms with Crippen LogP contribution in [0.25, 0.3) is 0 Å². The summed E-state index contributed by atoms with van der Waals surface area (Å²) in [5, 5.41) is 11.4. The molecular formula is C15H19F2NO3. The average Bonchev–Trinajstić information content (AvgIpc) is 2.44. The third-order valence-electron chi connectivity index (χ3n) is 3.13. The molecule has 116 valence electrons. The zero-order valence-electron chi connectivity index (χ0n) is 11.9. The molecule has 1 aromatic carbocycles. The van der Waals surface area contributed by atoms with Crippen molar-refractivity contribution in [3.63, 3.8) is 0 Å². The SMILES string of the molecule is CCCC[C@H](NC(=O)CCc1cccc(F)c1F)C(=O)O. The molecule has 1 rings (SSSR count). The van der Waals surface area contributed by atoms with E-state index in [2.05, 4.69) is 5.32 Å². The number of carbonyl (C=O) groups is 2. The van der Waals surface area contributed by atoms with Crippen LogP contribution in [-0.4, -0.2) is 23.0 Å². The Hall–Kier alpha value is -1.98. The summed E-state index contributed by atoms with van der Waals surface area (Å²) in [6.45, 7) is 1.92. The third-order valence-corrected chi connectivity index (χ3v) is 3.13. The van der Waals surface area contributed by atoms with Crippen LogP contribution < -0.4 is 5.32 Å². The van der Waals surface area contributed by atoms with Gasteiger partial charge in [0.25, 0.3) is 0 Å². The molecule has 0 saturated carbocycles. The molecule has 6 heteroatoms. The van der Waals surface area contributed by atoms with Crippen LogP contribution >= 0.6 is 0 Å². The van der Waals surface area contributed by atoms with E-state index in [9.17, 15) is 18.4 Å². The number of carboxylic acid groups (broad SMARTS) is 1. The van der Waals surface area contributed by atoms with Gasteiger partial charge in [0.05, 0.1) is 0 Å². The first-order valence-corrected chi connectivity index (χ1v) is 6.90. The number of carboxylic acids is 1. The molecule has 1 atom stereocenters. The summed E-state index contributed by atoms with van der Waals surface area (Å²) in [7, 11) is 0. The van der Waals surface area contributed by atoms with Crippen LogP contribution in [0.4, 0.5) is 8.78 Å². The maximum absolute atomic E-state index is 13.4. The minimum atomic E-state index is -1.09. The Morgan fingerprint density at radius 2 is 2.05 bits per heavy atom. The summed E-state index contributed by atoms with van der Waals surface area (Å²) >= 11 is 0. The van der Waals surface area contributed by atoms with Crippen molar-refractivity contribution in [2.24, 2.45) is 0 Å². The molecule has 0 aliphatic rings. The van der Waals surface area contributed by atoms with E-state index >= 15 is 0 Å². The van der Waals surface area contributed by atoms with Crippen LogP contribution in [-0.2, 0) is 16.0 Å². The molecule has 0 unspecified atom stereocenters. The van der Waals surface area contributed by atoms with Crippen molar-refractivity contribution in [1.82, 2.24) is 5.32 Å². The van der Waals surface area contributed by atoms with E-state index in [-0.39, 0.29) is 18.4 Å². The molecular weight excluding hydrogens is 280 g/mol. The zero-order chi connectivity index (χ0) is 15.8. The van der Waals surface area contributed by atoms with Crippen LogP contribution in [0, 0.1) is 11.6 Å². The van der Waals surface area contributed by atoms with Gasteiger partial charge in [-0.2, -0.15) is 0 Å². The predicted octanol–water partition coefficient (Wildman–Crippen LogP) is 2.66. The minimum Gasteiger partial charge on any atom is -0.480 e. The maximum Gasteiger partial charge on any atom is 0.326 e. The van der Waals surface area contributed by atoms with Crippen molar-refractivity contribution in [3.8, 4) is 0 Å². The van der Waals surface area contributed by atoms with E-state index in [0.29, 0.717) is 12.8 Å². The van der Waals surface area contributed by atoms with Crippen molar-refractivity contribution < 1.29 is 23.5 Å². The van der Waals surface area contributed by atoms with Gasteiger partial charge in [-0.25, -0.2) is 13.6 Å². The number of unbranched alkanes of at least 4 members (excludes halogenated alkanes) is 1. The lowest BCUT2D eigenvalue weighted by atomic mass is 10.1. The number of carbonyl (C=O) groups excluding carboxylic acids is 1. The first kappa shape index (κ1) is 17.1. The predicted molar refractivity (Wildman–Crippen MR) is 73.8 cm³/mol. The summed E-state index contributed by atoms with van der Waals surface area (Å²) in [4.78, 5) is 22.7. The molecule has 0 aliphatic heterocycles. The first-order chi connectivity index (χ1) is 9.95. The zero-order valence-corrected chi connectivity index (χ0v) is 11.9. The lowest BCUT2D eigenvalue weighted by Gasteiger charge is -2.14. The summed E-state index contributed by atoms with van der Waals surface area (Å²) in [6.07, 6.45) is 1.81. The number of amides is 1. The molecule has 0 radical (unpaired) electrons. The molecule has 0 bridgehead atoms. The maximum atomic E-state index is 13.4. The number of benzene rings is 1. The Morgan fingerprint density at radius 3 is 2.67 bits per heavy atom. The van der Waals surface area contributed by atoms with Gasteiger partial charge in [0.15, 0.2) is 11.6 Å². The number of aryl methyl sites for hydroxylation is 1. The van der Waals surface area contributed by atoms with Gasteiger partial charge in [0.1, 0.15) is 6.04 Å². The number of hydrogen-bond donors (Lipinski definition) is 2. The van der Waals surface area contributed by atoms with Crippen LogP contribution in [0.3, 0.4) is 0 Å². The van der Waals surface area contributed by atoms with Gasteiger partial charge in [-0.05, 0) is 24.5 Å². The Bertz CT molecular complexity index is 506. The number of aliphatic carboxylic acids is 1. The smallest absolute Gasteiger partial charge is 0.326 e. The summed E-state index contributed by atoms with van der Waals surface area (Å²) in [5.41, 5.74) is 0.102. The van der Waals surface area contributed by atoms with E-state index in [0.717, 1.165) is 12.5 Å². The Morgan fingerprint density at radius 1 is 1.33 bits per heavy atom. The van der Waals surface area contributed by atoms with Gasteiger partial charge in [-0.15, -0.1) is 0 Å². The molecule has 0 saturated heterocycles. The highest BCUT2D eigenvalue weighted by Gasteiger charge is 2.19. The standard InChI is InChI=1S/C15H19F2NO3/c1-2-3-7-12(15(20)21)18-13(19)9-8-10-5-4-6-11(16)14(10)17/h4-6,12H,2-3,7-9H2,1H3,(H,18,19)(H,20,21)/t12-/m0/s1. The van der Waals surface area contributed by atoms with Crippen molar-refractivity contribution >= 4 is 11.9 Å². The summed E-state index contributed by atoms with van der Waals surface area (Å²) in [5.74, 6) is -3.50. The van der Waals surface area contributed by atoms with Crippen molar-refractivity contribution in [2.75, 3.05) is 0 Å². The highest BCUT2D eigenvalue weighted by atomic mass is 19.2. The molecule has 0 spiro atoms. The normalized spacial score (nSPS) is 12.0. The van der Waals surface area contributed by atoms with E-state index in [1.165, 1.54) is 12.1 Å². The monoisotopic (exact) mass is 299 g/mol. The largest absolute Gasteiger partial charge is 0.480 e. The first-order valence-electron chi connectivity index (χ1n) is 6.90. The molecule has 4 nitrogen and oxygen atoms in total. The fourth-order valence-electron chi connectivity index (χ4n) is 1.92.